The van der Waals surface area contributed by atoms with Gasteiger partial charge in [0.2, 0.25) is 0 Å². The normalized spacial score (nSPS) is 22.9. The van der Waals surface area contributed by atoms with Crippen LogP contribution in [0.5, 0.6) is 0 Å². The highest BCUT2D eigenvalue weighted by Gasteiger charge is 2.41. The Bertz CT molecular complexity index is 214. The Labute approximate surface area is 94.4 Å². The average Bonchev–Trinajstić information content (AvgIpc) is 2.08. The molecule has 16 heavy (non-hydrogen) atoms. The SMILES string of the molecule is CCCC(C)C1CN(C[C@H](O)C(F)(F)F)C1. The van der Waals surface area contributed by atoms with E-state index >= 15 is 0 Å². The molecule has 0 aromatic rings. The minimum atomic E-state index is -4.49. The quantitative estimate of drug-likeness (QED) is 0.795. The van der Waals surface area contributed by atoms with Gasteiger partial charge in [0.15, 0.2) is 6.10 Å². The van der Waals surface area contributed by atoms with E-state index in [-0.39, 0.29) is 6.54 Å². The number of rotatable bonds is 5. The summed E-state index contributed by atoms with van der Waals surface area (Å²) in [5.74, 6) is 1.07. The first-order chi connectivity index (χ1) is 7.34. The van der Waals surface area contributed by atoms with Crippen LogP contribution in [0.25, 0.3) is 0 Å². The zero-order valence-electron chi connectivity index (χ0n) is 9.80. The standard InChI is InChI=1S/C11H20F3NO/c1-3-4-8(2)9-5-15(6-9)7-10(16)11(12,13)14/h8-10,16H,3-7H2,1-2H3/t8?,10-/m0/s1. The molecule has 96 valence electrons. The fourth-order valence-corrected chi connectivity index (χ4v) is 2.16. The Kier molecular flexibility index (Phi) is 4.62. The molecule has 1 fully saturated rings. The molecule has 1 aliphatic rings. The van der Waals surface area contributed by atoms with Crippen molar-refractivity contribution >= 4 is 0 Å². The van der Waals surface area contributed by atoms with Gasteiger partial charge in [-0.25, -0.2) is 0 Å². The second kappa shape index (κ2) is 5.36. The number of hydrogen-bond acceptors (Lipinski definition) is 2. The predicted molar refractivity (Wildman–Crippen MR) is 56.1 cm³/mol. The summed E-state index contributed by atoms with van der Waals surface area (Å²) < 4.78 is 36.2. The molecule has 5 heteroatoms. The zero-order valence-corrected chi connectivity index (χ0v) is 9.80. The molecule has 0 aromatic heterocycles. The largest absolute Gasteiger partial charge is 0.415 e. The van der Waals surface area contributed by atoms with Crippen LogP contribution in [0, 0.1) is 11.8 Å². The van der Waals surface area contributed by atoms with Crippen LogP contribution < -0.4 is 0 Å². The molecule has 1 heterocycles. The third-order valence-electron chi connectivity index (χ3n) is 3.34. The number of nitrogens with zero attached hydrogens (tertiary/aromatic N) is 1. The van der Waals surface area contributed by atoms with Gasteiger partial charge < -0.3 is 5.11 Å². The van der Waals surface area contributed by atoms with Gasteiger partial charge in [-0.05, 0) is 11.8 Å². The maximum absolute atomic E-state index is 12.1. The van der Waals surface area contributed by atoms with Crippen molar-refractivity contribution < 1.29 is 18.3 Å². The maximum Gasteiger partial charge on any atom is 0.415 e. The van der Waals surface area contributed by atoms with Crippen LogP contribution in [0.3, 0.4) is 0 Å². The number of alkyl halides is 3. The molecular weight excluding hydrogens is 219 g/mol. The summed E-state index contributed by atoms with van der Waals surface area (Å²) >= 11 is 0. The van der Waals surface area contributed by atoms with E-state index in [1.165, 1.54) is 0 Å². The van der Waals surface area contributed by atoms with Crippen LogP contribution >= 0.6 is 0 Å². The highest BCUT2D eigenvalue weighted by molar-refractivity contribution is 4.85. The molecule has 0 bridgehead atoms. The maximum atomic E-state index is 12.1. The molecule has 0 amide bonds. The van der Waals surface area contributed by atoms with Crippen molar-refractivity contribution in [1.82, 2.24) is 4.90 Å². The Balaban J connectivity index is 2.21. The van der Waals surface area contributed by atoms with Crippen molar-refractivity contribution in [3.05, 3.63) is 0 Å². The summed E-state index contributed by atoms with van der Waals surface area (Å²) in [7, 11) is 0. The molecule has 2 nitrogen and oxygen atoms in total. The van der Waals surface area contributed by atoms with Gasteiger partial charge in [-0.3, -0.25) is 4.90 Å². The van der Waals surface area contributed by atoms with Crippen molar-refractivity contribution in [2.24, 2.45) is 11.8 Å². The monoisotopic (exact) mass is 239 g/mol. The van der Waals surface area contributed by atoms with E-state index in [0.29, 0.717) is 24.9 Å². The van der Waals surface area contributed by atoms with Gasteiger partial charge in [0.1, 0.15) is 0 Å². The molecule has 0 saturated carbocycles. The molecule has 0 aromatic carbocycles. The van der Waals surface area contributed by atoms with Crippen molar-refractivity contribution in [3.63, 3.8) is 0 Å². The first kappa shape index (κ1) is 13.8. The van der Waals surface area contributed by atoms with E-state index in [0.717, 1.165) is 12.8 Å². The fraction of sp³-hybridized carbons (Fsp3) is 1.00. The Morgan fingerprint density at radius 2 is 1.94 bits per heavy atom. The van der Waals surface area contributed by atoms with Gasteiger partial charge in [0.25, 0.3) is 0 Å². The smallest absolute Gasteiger partial charge is 0.382 e. The number of aliphatic hydroxyl groups is 1. The van der Waals surface area contributed by atoms with Crippen molar-refractivity contribution in [3.8, 4) is 0 Å². The number of hydrogen-bond donors (Lipinski definition) is 1. The fourth-order valence-electron chi connectivity index (χ4n) is 2.16. The molecule has 1 N–H and O–H groups in total. The molecule has 2 atom stereocenters. The number of likely N-dealkylation sites (tertiary alicyclic amines) is 1. The highest BCUT2D eigenvalue weighted by atomic mass is 19.4. The van der Waals surface area contributed by atoms with E-state index in [4.69, 9.17) is 5.11 Å². The summed E-state index contributed by atoms with van der Waals surface area (Å²) in [6.45, 7) is 5.35. The lowest BCUT2D eigenvalue weighted by atomic mass is 9.84. The Morgan fingerprint density at radius 1 is 1.38 bits per heavy atom. The van der Waals surface area contributed by atoms with Gasteiger partial charge in [-0.15, -0.1) is 0 Å². The van der Waals surface area contributed by atoms with Gasteiger partial charge >= 0.3 is 6.18 Å². The second-order valence-electron chi connectivity index (χ2n) is 4.80. The van der Waals surface area contributed by atoms with Crippen molar-refractivity contribution in [1.29, 1.82) is 0 Å². The molecule has 0 spiro atoms. The summed E-state index contributed by atoms with van der Waals surface area (Å²) in [6.07, 6.45) is -4.45. The van der Waals surface area contributed by atoms with Crippen LogP contribution in [-0.4, -0.2) is 41.9 Å². The Hall–Kier alpha value is -0.290. The Morgan fingerprint density at radius 3 is 2.38 bits per heavy atom. The lowest BCUT2D eigenvalue weighted by Gasteiger charge is -2.43. The number of aliphatic hydroxyl groups excluding tert-OH is 1. The van der Waals surface area contributed by atoms with Crippen molar-refractivity contribution in [2.45, 2.75) is 39.0 Å². The van der Waals surface area contributed by atoms with Crippen LogP contribution in [0.2, 0.25) is 0 Å². The minimum absolute atomic E-state index is 0.279. The van der Waals surface area contributed by atoms with Crippen molar-refractivity contribution in [2.75, 3.05) is 19.6 Å². The third kappa shape index (κ3) is 3.63. The summed E-state index contributed by atoms with van der Waals surface area (Å²) in [5.41, 5.74) is 0. The second-order valence-corrected chi connectivity index (χ2v) is 4.80. The van der Waals surface area contributed by atoms with E-state index in [1.54, 1.807) is 4.90 Å². The molecule has 0 radical (unpaired) electrons. The van der Waals surface area contributed by atoms with Crippen LogP contribution in [-0.2, 0) is 0 Å². The first-order valence-electron chi connectivity index (χ1n) is 5.81. The van der Waals surface area contributed by atoms with Gasteiger partial charge in [0, 0.05) is 19.6 Å². The minimum Gasteiger partial charge on any atom is -0.382 e. The highest BCUT2D eigenvalue weighted by Crippen LogP contribution is 2.29. The van der Waals surface area contributed by atoms with E-state index in [2.05, 4.69) is 13.8 Å². The van der Waals surface area contributed by atoms with E-state index in [1.807, 2.05) is 0 Å². The summed E-state index contributed by atoms with van der Waals surface area (Å²) in [5, 5.41) is 8.88. The van der Waals surface area contributed by atoms with Gasteiger partial charge in [0.05, 0.1) is 0 Å². The van der Waals surface area contributed by atoms with Crippen LogP contribution in [0.15, 0.2) is 0 Å². The van der Waals surface area contributed by atoms with E-state index < -0.39 is 12.3 Å². The third-order valence-corrected chi connectivity index (χ3v) is 3.34. The molecule has 1 rings (SSSR count). The molecule has 1 saturated heterocycles. The number of β-amino-alcohol motifs (C(OH)–C–C–N with tert-alkyl or cyclic N) is 1. The summed E-state index contributed by atoms with van der Waals surface area (Å²) in [4.78, 5) is 1.68. The van der Waals surface area contributed by atoms with Gasteiger partial charge in [-0.2, -0.15) is 13.2 Å². The molecule has 1 aliphatic heterocycles. The zero-order chi connectivity index (χ0) is 12.3. The lowest BCUT2D eigenvalue weighted by Crippen LogP contribution is -2.54. The molecular formula is C11H20F3NO. The summed E-state index contributed by atoms with van der Waals surface area (Å²) in [6, 6.07) is 0. The van der Waals surface area contributed by atoms with Gasteiger partial charge in [-0.1, -0.05) is 26.7 Å². The first-order valence-corrected chi connectivity index (χ1v) is 5.81. The topological polar surface area (TPSA) is 23.5 Å². The molecule has 0 aliphatic carbocycles. The number of halogens is 3. The predicted octanol–water partition coefficient (Wildman–Crippen LogP) is 2.28. The average molecular weight is 239 g/mol. The lowest BCUT2D eigenvalue weighted by molar-refractivity contribution is -0.212. The van der Waals surface area contributed by atoms with Crippen LogP contribution in [0.4, 0.5) is 13.2 Å². The van der Waals surface area contributed by atoms with E-state index in [9.17, 15) is 13.2 Å². The van der Waals surface area contributed by atoms with Crippen LogP contribution in [0.1, 0.15) is 26.7 Å². The molecule has 1 unspecified atom stereocenters.